The van der Waals surface area contributed by atoms with Gasteiger partial charge in [-0.15, -0.1) is 0 Å². The molecule has 1 aliphatic heterocycles. The van der Waals surface area contributed by atoms with Crippen molar-refractivity contribution < 1.29 is 14.3 Å². The molecule has 0 unspecified atom stereocenters. The third kappa shape index (κ3) is 3.59. The molecular formula is C14H21ClN4O3. The SMILES string of the molecule is CNC(=O)CC[C@]1(OC)CCCN(C(=O)c2[nH]ncc2Cl)C1. The smallest absolute Gasteiger partial charge is 0.273 e. The van der Waals surface area contributed by atoms with Crippen molar-refractivity contribution in [1.82, 2.24) is 20.4 Å². The lowest BCUT2D eigenvalue weighted by Gasteiger charge is -2.41. The predicted octanol–water partition coefficient (Wildman–Crippen LogP) is 1.21. The van der Waals surface area contributed by atoms with Gasteiger partial charge < -0.3 is 15.0 Å². The van der Waals surface area contributed by atoms with E-state index in [2.05, 4.69) is 15.5 Å². The molecule has 0 spiro atoms. The van der Waals surface area contributed by atoms with Crippen LogP contribution in [0.15, 0.2) is 6.20 Å². The van der Waals surface area contributed by atoms with Crippen molar-refractivity contribution in [3.05, 3.63) is 16.9 Å². The Morgan fingerprint density at radius 2 is 2.36 bits per heavy atom. The quantitative estimate of drug-likeness (QED) is 0.850. The lowest BCUT2D eigenvalue weighted by Crippen LogP contribution is -2.51. The summed E-state index contributed by atoms with van der Waals surface area (Å²) in [6.07, 6.45) is 3.99. The number of nitrogens with zero attached hydrogens (tertiary/aromatic N) is 2. The van der Waals surface area contributed by atoms with Crippen LogP contribution in [0, 0.1) is 0 Å². The zero-order chi connectivity index (χ0) is 16.2. The topological polar surface area (TPSA) is 87.3 Å². The molecule has 1 aromatic rings. The molecule has 1 fully saturated rings. The summed E-state index contributed by atoms with van der Waals surface area (Å²) >= 11 is 5.95. The summed E-state index contributed by atoms with van der Waals surface area (Å²) in [5, 5.41) is 9.32. The molecule has 0 saturated carbocycles. The van der Waals surface area contributed by atoms with Crippen LogP contribution < -0.4 is 5.32 Å². The van der Waals surface area contributed by atoms with Crippen LogP contribution >= 0.6 is 11.6 Å². The Morgan fingerprint density at radius 1 is 1.59 bits per heavy atom. The molecule has 1 aliphatic rings. The van der Waals surface area contributed by atoms with Gasteiger partial charge in [0.2, 0.25) is 5.91 Å². The maximum Gasteiger partial charge on any atom is 0.273 e. The fourth-order valence-electron chi connectivity index (χ4n) is 2.79. The number of H-pyrrole nitrogens is 1. The van der Waals surface area contributed by atoms with E-state index in [9.17, 15) is 9.59 Å². The molecule has 22 heavy (non-hydrogen) atoms. The van der Waals surface area contributed by atoms with Gasteiger partial charge >= 0.3 is 0 Å². The fourth-order valence-corrected chi connectivity index (χ4v) is 2.96. The van der Waals surface area contributed by atoms with Crippen molar-refractivity contribution in [3.8, 4) is 0 Å². The molecule has 2 N–H and O–H groups in total. The first kappa shape index (κ1) is 16.8. The monoisotopic (exact) mass is 328 g/mol. The third-order valence-electron chi connectivity index (χ3n) is 4.15. The Bertz CT molecular complexity index is 548. The van der Waals surface area contributed by atoms with Crippen LogP contribution in [0.5, 0.6) is 0 Å². The molecule has 1 atom stereocenters. The van der Waals surface area contributed by atoms with Crippen molar-refractivity contribution in [2.45, 2.75) is 31.3 Å². The van der Waals surface area contributed by atoms with Crippen LogP contribution in [-0.4, -0.2) is 59.8 Å². The number of hydrogen-bond donors (Lipinski definition) is 2. The van der Waals surface area contributed by atoms with Crippen molar-refractivity contribution in [2.24, 2.45) is 0 Å². The van der Waals surface area contributed by atoms with Gasteiger partial charge in [-0.3, -0.25) is 14.7 Å². The Labute approximate surface area is 134 Å². The van der Waals surface area contributed by atoms with E-state index in [0.29, 0.717) is 36.6 Å². The standard InChI is InChI=1S/C14H21ClN4O3/c1-16-11(20)4-6-14(22-2)5-3-7-19(9-14)13(21)12-10(15)8-17-18-12/h8H,3-7,9H2,1-2H3,(H,16,20)(H,17,18)/t14-/m1/s1. The van der Waals surface area contributed by atoms with E-state index < -0.39 is 5.60 Å². The summed E-state index contributed by atoms with van der Waals surface area (Å²) in [5.74, 6) is -0.222. The summed E-state index contributed by atoms with van der Waals surface area (Å²) in [7, 11) is 3.24. The zero-order valence-electron chi connectivity index (χ0n) is 12.8. The summed E-state index contributed by atoms with van der Waals surface area (Å²) in [4.78, 5) is 25.7. The molecule has 0 aromatic carbocycles. The number of piperidine rings is 1. The minimum absolute atomic E-state index is 0.0310. The largest absolute Gasteiger partial charge is 0.376 e. The number of aromatic amines is 1. The highest BCUT2D eigenvalue weighted by Gasteiger charge is 2.38. The number of ether oxygens (including phenoxy) is 1. The van der Waals surface area contributed by atoms with E-state index in [0.717, 1.165) is 12.8 Å². The number of likely N-dealkylation sites (tertiary alicyclic amines) is 1. The molecule has 2 amide bonds. The summed E-state index contributed by atoms with van der Waals surface area (Å²) in [5.41, 5.74) is -0.202. The molecule has 8 heteroatoms. The highest BCUT2D eigenvalue weighted by Crippen LogP contribution is 2.30. The average molecular weight is 329 g/mol. The van der Waals surface area contributed by atoms with Crippen LogP contribution in [-0.2, 0) is 9.53 Å². The van der Waals surface area contributed by atoms with Crippen LogP contribution in [0.2, 0.25) is 5.02 Å². The molecule has 0 bridgehead atoms. The van der Waals surface area contributed by atoms with Gasteiger partial charge in [0, 0.05) is 27.1 Å². The number of rotatable bonds is 5. The normalized spacial score (nSPS) is 21.7. The van der Waals surface area contributed by atoms with E-state index in [1.807, 2.05) is 0 Å². The van der Waals surface area contributed by atoms with Crippen LogP contribution in [0.1, 0.15) is 36.2 Å². The predicted molar refractivity (Wildman–Crippen MR) is 81.8 cm³/mol. The second-order valence-electron chi connectivity index (χ2n) is 5.48. The Hall–Kier alpha value is -1.60. The first-order chi connectivity index (χ1) is 10.5. The van der Waals surface area contributed by atoms with Crippen LogP contribution in [0.25, 0.3) is 0 Å². The third-order valence-corrected chi connectivity index (χ3v) is 4.44. The van der Waals surface area contributed by atoms with Crippen LogP contribution in [0.3, 0.4) is 0 Å². The maximum absolute atomic E-state index is 12.5. The van der Waals surface area contributed by atoms with Crippen molar-refractivity contribution in [3.63, 3.8) is 0 Å². The van der Waals surface area contributed by atoms with E-state index in [1.165, 1.54) is 6.20 Å². The highest BCUT2D eigenvalue weighted by atomic mass is 35.5. The molecular weight excluding hydrogens is 308 g/mol. The van der Waals surface area contributed by atoms with Gasteiger partial charge in [-0.1, -0.05) is 11.6 Å². The Kier molecular flexibility index (Phi) is 5.42. The van der Waals surface area contributed by atoms with Gasteiger partial charge in [-0.25, -0.2) is 0 Å². The molecule has 0 aliphatic carbocycles. The number of amides is 2. The van der Waals surface area contributed by atoms with E-state index >= 15 is 0 Å². The van der Waals surface area contributed by atoms with Gasteiger partial charge in [0.1, 0.15) is 5.69 Å². The Balaban J connectivity index is 2.07. The molecule has 122 valence electrons. The number of aromatic nitrogens is 2. The zero-order valence-corrected chi connectivity index (χ0v) is 13.6. The molecule has 1 aromatic heterocycles. The molecule has 2 heterocycles. The van der Waals surface area contributed by atoms with E-state index in [4.69, 9.17) is 16.3 Å². The van der Waals surface area contributed by atoms with E-state index in [-0.39, 0.29) is 11.8 Å². The molecule has 7 nitrogen and oxygen atoms in total. The number of nitrogens with one attached hydrogen (secondary N) is 2. The van der Waals surface area contributed by atoms with Crippen molar-refractivity contribution in [1.29, 1.82) is 0 Å². The minimum Gasteiger partial charge on any atom is -0.376 e. The molecule has 2 rings (SSSR count). The number of carbonyl (C=O) groups excluding carboxylic acids is 2. The summed E-state index contributed by atoms with van der Waals surface area (Å²) < 4.78 is 5.67. The average Bonchev–Trinajstić information content (AvgIpc) is 2.98. The second kappa shape index (κ2) is 7.11. The highest BCUT2D eigenvalue weighted by molar-refractivity contribution is 6.33. The van der Waals surface area contributed by atoms with Crippen LogP contribution in [0.4, 0.5) is 0 Å². The Morgan fingerprint density at radius 3 is 2.95 bits per heavy atom. The summed E-state index contributed by atoms with van der Waals surface area (Å²) in [6, 6.07) is 0. The van der Waals surface area contributed by atoms with E-state index in [1.54, 1.807) is 19.1 Å². The minimum atomic E-state index is -0.493. The lowest BCUT2D eigenvalue weighted by atomic mass is 9.87. The number of carbonyl (C=O) groups is 2. The lowest BCUT2D eigenvalue weighted by molar-refractivity contribution is -0.123. The second-order valence-corrected chi connectivity index (χ2v) is 5.89. The first-order valence-corrected chi connectivity index (χ1v) is 7.63. The van der Waals surface area contributed by atoms with Gasteiger partial charge in [-0.05, 0) is 19.3 Å². The molecule has 0 radical (unpaired) electrons. The number of halogens is 1. The fraction of sp³-hybridized carbons (Fsp3) is 0.643. The van der Waals surface area contributed by atoms with Crippen molar-refractivity contribution >= 4 is 23.4 Å². The number of hydrogen-bond acceptors (Lipinski definition) is 4. The van der Waals surface area contributed by atoms with Gasteiger partial charge in [0.15, 0.2) is 0 Å². The van der Waals surface area contributed by atoms with Crippen molar-refractivity contribution in [2.75, 3.05) is 27.2 Å². The van der Waals surface area contributed by atoms with Gasteiger partial charge in [-0.2, -0.15) is 5.10 Å². The van der Waals surface area contributed by atoms with Gasteiger partial charge in [0.25, 0.3) is 5.91 Å². The first-order valence-electron chi connectivity index (χ1n) is 7.25. The maximum atomic E-state index is 12.5. The summed E-state index contributed by atoms with van der Waals surface area (Å²) in [6.45, 7) is 1.08. The molecule has 1 saturated heterocycles. The van der Waals surface area contributed by atoms with Gasteiger partial charge in [0.05, 0.1) is 23.4 Å². The number of methoxy groups -OCH3 is 1.